The van der Waals surface area contributed by atoms with Crippen LogP contribution in [-0.2, 0) is 13.1 Å². The van der Waals surface area contributed by atoms with Crippen molar-refractivity contribution in [1.29, 1.82) is 0 Å². The molecule has 0 aliphatic heterocycles. The number of aromatic nitrogens is 1. The number of nitrogens with zero attached hydrogens (tertiary/aromatic N) is 2. The predicted molar refractivity (Wildman–Crippen MR) is 89.3 cm³/mol. The van der Waals surface area contributed by atoms with Gasteiger partial charge < -0.3 is 24.2 Å². The molecule has 2 aromatic rings. The van der Waals surface area contributed by atoms with E-state index >= 15 is 0 Å². The van der Waals surface area contributed by atoms with E-state index in [-0.39, 0.29) is 24.1 Å². The van der Waals surface area contributed by atoms with Gasteiger partial charge in [-0.2, -0.15) is 8.78 Å². The maximum Gasteiger partial charge on any atom is 0.387 e. The average molecular weight is 369 g/mol. The zero-order valence-corrected chi connectivity index (χ0v) is 15.0. The number of carbonyl (C=O) groups excluding carboxylic acids is 1. The molecule has 1 aromatic heterocycles. The van der Waals surface area contributed by atoms with E-state index < -0.39 is 6.61 Å². The summed E-state index contributed by atoms with van der Waals surface area (Å²) < 4.78 is 39.4. The fourth-order valence-corrected chi connectivity index (χ4v) is 2.37. The smallest absolute Gasteiger partial charge is 0.387 e. The van der Waals surface area contributed by atoms with E-state index in [4.69, 9.17) is 9.26 Å². The normalized spacial score (nSPS) is 10.7. The second-order valence-electron chi connectivity index (χ2n) is 5.68. The van der Waals surface area contributed by atoms with Crippen molar-refractivity contribution in [2.45, 2.75) is 33.5 Å². The molecular formula is C17H21F2N3O4. The van der Waals surface area contributed by atoms with Crippen LogP contribution >= 0.6 is 0 Å². The first kappa shape index (κ1) is 19.5. The van der Waals surface area contributed by atoms with Gasteiger partial charge in [0.25, 0.3) is 0 Å². The first-order valence-electron chi connectivity index (χ1n) is 7.84. The third-order valence-corrected chi connectivity index (χ3v) is 3.81. The largest absolute Gasteiger partial charge is 0.493 e. The molecule has 26 heavy (non-hydrogen) atoms. The maximum absolute atomic E-state index is 12.5. The van der Waals surface area contributed by atoms with E-state index in [2.05, 4.69) is 15.2 Å². The van der Waals surface area contributed by atoms with Crippen LogP contribution in [0.4, 0.5) is 13.6 Å². The number of methoxy groups -OCH3 is 1. The molecule has 2 rings (SSSR count). The molecule has 0 spiro atoms. The Hall–Kier alpha value is -2.84. The lowest BCUT2D eigenvalue weighted by Crippen LogP contribution is -2.36. The highest BCUT2D eigenvalue weighted by Crippen LogP contribution is 2.29. The van der Waals surface area contributed by atoms with Gasteiger partial charge in [0.1, 0.15) is 5.76 Å². The van der Waals surface area contributed by atoms with Crippen LogP contribution in [0.15, 0.2) is 22.7 Å². The molecule has 0 aliphatic carbocycles. The molecular weight excluding hydrogens is 348 g/mol. The minimum Gasteiger partial charge on any atom is -0.493 e. The quantitative estimate of drug-likeness (QED) is 0.811. The highest BCUT2D eigenvalue weighted by molar-refractivity contribution is 5.74. The second-order valence-corrected chi connectivity index (χ2v) is 5.68. The van der Waals surface area contributed by atoms with E-state index in [1.165, 1.54) is 24.1 Å². The summed E-state index contributed by atoms with van der Waals surface area (Å²) in [4.78, 5) is 13.7. The van der Waals surface area contributed by atoms with Crippen molar-refractivity contribution in [3.63, 3.8) is 0 Å². The molecule has 1 aromatic carbocycles. The first-order valence-corrected chi connectivity index (χ1v) is 7.84. The highest BCUT2D eigenvalue weighted by atomic mass is 19.3. The molecule has 0 atom stereocenters. The Labute approximate surface area is 149 Å². The number of aryl methyl sites for hydroxylation is 2. The number of benzene rings is 1. The van der Waals surface area contributed by atoms with Crippen LogP contribution in [0.3, 0.4) is 0 Å². The third-order valence-electron chi connectivity index (χ3n) is 3.81. The number of hydrogen-bond acceptors (Lipinski definition) is 5. The summed E-state index contributed by atoms with van der Waals surface area (Å²) in [6, 6.07) is 4.25. The first-order chi connectivity index (χ1) is 12.3. The van der Waals surface area contributed by atoms with Crippen molar-refractivity contribution >= 4 is 6.03 Å². The molecule has 2 amide bonds. The summed E-state index contributed by atoms with van der Waals surface area (Å²) in [5, 5.41) is 6.57. The minimum atomic E-state index is -2.96. The van der Waals surface area contributed by atoms with Crippen LogP contribution < -0.4 is 14.8 Å². The SMILES string of the molecule is COc1ccc(CNC(=O)N(C)Cc2c(C)noc2C)cc1OC(F)F. The van der Waals surface area contributed by atoms with Crippen LogP contribution in [0.1, 0.15) is 22.6 Å². The molecule has 1 N–H and O–H groups in total. The van der Waals surface area contributed by atoms with Gasteiger partial charge in [-0.1, -0.05) is 11.2 Å². The topological polar surface area (TPSA) is 76.8 Å². The van der Waals surface area contributed by atoms with E-state index in [9.17, 15) is 13.6 Å². The zero-order chi connectivity index (χ0) is 19.3. The number of amides is 2. The van der Waals surface area contributed by atoms with Crippen LogP contribution in [0.25, 0.3) is 0 Å². The summed E-state index contributed by atoms with van der Waals surface area (Å²) in [5.41, 5.74) is 2.17. The van der Waals surface area contributed by atoms with Gasteiger partial charge in [0.05, 0.1) is 19.3 Å². The van der Waals surface area contributed by atoms with Crippen molar-refractivity contribution in [2.75, 3.05) is 14.2 Å². The molecule has 0 aliphatic rings. The standard InChI is InChI=1S/C17H21F2N3O4/c1-10-13(11(2)26-21-10)9-22(3)17(23)20-8-12-5-6-14(24-4)15(7-12)25-16(18)19/h5-7,16H,8-9H2,1-4H3,(H,20,23). The predicted octanol–water partition coefficient (Wildman–Crippen LogP) is 3.24. The van der Waals surface area contributed by atoms with E-state index in [0.717, 1.165) is 11.3 Å². The highest BCUT2D eigenvalue weighted by Gasteiger charge is 2.16. The molecule has 0 unspecified atom stereocenters. The Bertz CT molecular complexity index is 745. The average Bonchev–Trinajstić information content (AvgIpc) is 2.91. The lowest BCUT2D eigenvalue weighted by atomic mass is 10.2. The summed E-state index contributed by atoms with van der Waals surface area (Å²) >= 11 is 0. The molecule has 1 heterocycles. The zero-order valence-electron chi connectivity index (χ0n) is 15.0. The Kier molecular flexibility index (Phi) is 6.37. The Balaban J connectivity index is 1.98. The van der Waals surface area contributed by atoms with Gasteiger partial charge in [0, 0.05) is 19.2 Å². The third kappa shape index (κ3) is 4.84. The van der Waals surface area contributed by atoms with E-state index in [1.54, 1.807) is 27.0 Å². The number of carbonyl (C=O) groups is 1. The molecule has 9 heteroatoms. The summed E-state index contributed by atoms with van der Waals surface area (Å²) in [6.45, 7) is 1.11. The van der Waals surface area contributed by atoms with Crippen molar-refractivity contribution in [1.82, 2.24) is 15.4 Å². The number of urea groups is 1. The fourth-order valence-electron chi connectivity index (χ4n) is 2.37. The molecule has 0 bridgehead atoms. The second kappa shape index (κ2) is 8.50. The Morgan fingerprint density at radius 3 is 2.65 bits per heavy atom. The number of ether oxygens (including phenoxy) is 2. The van der Waals surface area contributed by atoms with E-state index in [0.29, 0.717) is 17.9 Å². The molecule has 0 fully saturated rings. The van der Waals surface area contributed by atoms with Gasteiger partial charge >= 0.3 is 12.6 Å². The van der Waals surface area contributed by atoms with Gasteiger partial charge in [-0.05, 0) is 31.5 Å². The van der Waals surface area contributed by atoms with Gasteiger partial charge in [0.15, 0.2) is 11.5 Å². The van der Waals surface area contributed by atoms with Gasteiger partial charge in [-0.15, -0.1) is 0 Å². The number of alkyl halides is 2. The molecule has 142 valence electrons. The van der Waals surface area contributed by atoms with E-state index in [1.807, 2.05) is 0 Å². The molecule has 0 saturated carbocycles. The Morgan fingerprint density at radius 2 is 2.08 bits per heavy atom. The number of halogens is 2. The monoisotopic (exact) mass is 369 g/mol. The van der Waals surface area contributed by atoms with Crippen LogP contribution in [0.5, 0.6) is 11.5 Å². The maximum atomic E-state index is 12.5. The van der Waals surface area contributed by atoms with Gasteiger partial charge in [-0.3, -0.25) is 0 Å². The minimum absolute atomic E-state index is 0.0849. The number of nitrogens with one attached hydrogen (secondary N) is 1. The summed E-state index contributed by atoms with van der Waals surface area (Å²) in [5.74, 6) is 0.764. The van der Waals surface area contributed by atoms with Crippen LogP contribution in [0.2, 0.25) is 0 Å². The summed E-state index contributed by atoms with van der Waals surface area (Å²) in [7, 11) is 3.00. The van der Waals surface area contributed by atoms with Crippen molar-refractivity contribution < 1.29 is 27.6 Å². The van der Waals surface area contributed by atoms with Gasteiger partial charge in [-0.25, -0.2) is 4.79 Å². The lowest BCUT2D eigenvalue weighted by molar-refractivity contribution is -0.0512. The van der Waals surface area contributed by atoms with Crippen molar-refractivity contribution in [2.24, 2.45) is 0 Å². The molecule has 0 radical (unpaired) electrons. The van der Waals surface area contributed by atoms with Crippen molar-refractivity contribution in [3.05, 3.63) is 40.8 Å². The lowest BCUT2D eigenvalue weighted by Gasteiger charge is -2.18. The summed E-state index contributed by atoms with van der Waals surface area (Å²) in [6.07, 6.45) is 0. The van der Waals surface area contributed by atoms with Crippen molar-refractivity contribution in [3.8, 4) is 11.5 Å². The fraction of sp³-hybridized carbons (Fsp3) is 0.412. The molecule has 0 saturated heterocycles. The number of rotatable bonds is 7. The Morgan fingerprint density at radius 1 is 1.35 bits per heavy atom. The van der Waals surface area contributed by atoms with Gasteiger partial charge in [0.2, 0.25) is 0 Å². The molecule has 7 nitrogen and oxygen atoms in total. The van der Waals surface area contributed by atoms with Crippen LogP contribution in [0, 0.1) is 13.8 Å². The van der Waals surface area contributed by atoms with Crippen LogP contribution in [-0.4, -0.2) is 36.9 Å². The number of hydrogen-bond donors (Lipinski definition) is 1.